The van der Waals surface area contributed by atoms with E-state index in [-0.39, 0.29) is 11.1 Å². The fourth-order valence-corrected chi connectivity index (χ4v) is 2.65. The Bertz CT molecular complexity index is 658. The van der Waals surface area contributed by atoms with Crippen LogP contribution in [0.25, 0.3) is 0 Å². The van der Waals surface area contributed by atoms with E-state index in [9.17, 15) is 19.2 Å². The summed E-state index contributed by atoms with van der Waals surface area (Å²) in [5.74, 6) is -3.68. The summed E-state index contributed by atoms with van der Waals surface area (Å²) in [6.07, 6.45) is -2.75. The minimum atomic E-state index is -1.14. The highest BCUT2D eigenvalue weighted by atomic mass is 16.6. The highest BCUT2D eigenvalue weighted by Crippen LogP contribution is 2.40. The number of carboxylic acid groups (broad SMARTS) is 2. The van der Waals surface area contributed by atoms with Gasteiger partial charge in [-0.2, -0.15) is 0 Å². The summed E-state index contributed by atoms with van der Waals surface area (Å²) in [5.41, 5.74) is 0.885. The molecule has 0 fully saturated rings. The Morgan fingerprint density at radius 3 is 1.55 bits per heavy atom. The SMILES string of the molecule is O=C(O)C[C@@H]1OC(=O)c2cc3c(cc21)C(=O)O[C@H]3CC(=O)O. The van der Waals surface area contributed by atoms with Gasteiger partial charge in [-0.25, -0.2) is 9.59 Å². The molecule has 0 unspecified atom stereocenters. The summed E-state index contributed by atoms with van der Waals surface area (Å²) in [7, 11) is 0. The van der Waals surface area contributed by atoms with Crippen LogP contribution in [-0.2, 0) is 19.1 Å². The largest absolute Gasteiger partial charge is 0.481 e. The Kier molecular flexibility index (Phi) is 3.09. The molecule has 2 aliphatic heterocycles. The molecule has 8 heteroatoms. The molecule has 0 radical (unpaired) electrons. The van der Waals surface area contributed by atoms with Gasteiger partial charge in [0, 0.05) is 11.1 Å². The number of hydrogen-bond donors (Lipinski definition) is 2. The topological polar surface area (TPSA) is 127 Å². The first-order valence-corrected chi connectivity index (χ1v) is 6.40. The van der Waals surface area contributed by atoms with Gasteiger partial charge < -0.3 is 19.7 Å². The number of ether oxygens (including phenoxy) is 2. The lowest BCUT2D eigenvalue weighted by Gasteiger charge is -2.09. The highest BCUT2D eigenvalue weighted by Gasteiger charge is 2.39. The molecule has 0 saturated carbocycles. The first-order valence-electron chi connectivity index (χ1n) is 6.40. The van der Waals surface area contributed by atoms with Crippen molar-refractivity contribution in [2.24, 2.45) is 0 Å². The molecule has 22 heavy (non-hydrogen) atoms. The van der Waals surface area contributed by atoms with Crippen molar-refractivity contribution in [1.29, 1.82) is 0 Å². The average molecular weight is 306 g/mol. The van der Waals surface area contributed by atoms with E-state index in [1.807, 2.05) is 0 Å². The van der Waals surface area contributed by atoms with Gasteiger partial charge in [-0.15, -0.1) is 0 Å². The monoisotopic (exact) mass is 306 g/mol. The maximum atomic E-state index is 11.8. The van der Waals surface area contributed by atoms with E-state index < -0.39 is 48.9 Å². The van der Waals surface area contributed by atoms with Crippen LogP contribution in [-0.4, -0.2) is 34.1 Å². The van der Waals surface area contributed by atoms with Crippen LogP contribution < -0.4 is 0 Å². The van der Waals surface area contributed by atoms with Crippen LogP contribution in [0.3, 0.4) is 0 Å². The van der Waals surface area contributed by atoms with E-state index >= 15 is 0 Å². The Hall–Kier alpha value is -2.90. The Morgan fingerprint density at radius 2 is 1.23 bits per heavy atom. The summed E-state index contributed by atoms with van der Waals surface area (Å²) in [6, 6.07) is 2.71. The van der Waals surface area contributed by atoms with Crippen LogP contribution in [0.5, 0.6) is 0 Å². The molecule has 2 heterocycles. The quantitative estimate of drug-likeness (QED) is 0.790. The zero-order valence-electron chi connectivity index (χ0n) is 11.1. The van der Waals surface area contributed by atoms with E-state index in [1.54, 1.807) is 0 Å². The Labute approximate surface area is 123 Å². The molecule has 1 aromatic rings. The van der Waals surface area contributed by atoms with Gasteiger partial charge in [0.05, 0.1) is 24.0 Å². The Morgan fingerprint density at radius 1 is 0.864 bits per heavy atom. The van der Waals surface area contributed by atoms with Crippen molar-refractivity contribution in [2.75, 3.05) is 0 Å². The van der Waals surface area contributed by atoms with Gasteiger partial charge in [-0.1, -0.05) is 0 Å². The minimum absolute atomic E-state index is 0.138. The number of hydrogen-bond acceptors (Lipinski definition) is 6. The second-order valence-electron chi connectivity index (χ2n) is 5.01. The molecule has 2 aliphatic rings. The number of carboxylic acids is 2. The van der Waals surface area contributed by atoms with Gasteiger partial charge in [0.2, 0.25) is 0 Å². The van der Waals surface area contributed by atoms with Gasteiger partial charge in [0.15, 0.2) is 0 Å². The number of carbonyl (C=O) groups is 4. The van der Waals surface area contributed by atoms with Gasteiger partial charge in [0.1, 0.15) is 12.2 Å². The van der Waals surface area contributed by atoms with E-state index in [4.69, 9.17) is 19.7 Å². The molecule has 3 rings (SSSR count). The summed E-state index contributed by atoms with van der Waals surface area (Å²) in [5, 5.41) is 17.6. The molecule has 0 spiro atoms. The lowest BCUT2D eigenvalue weighted by molar-refractivity contribution is -0.140. The minimum Gasteiger partial charge on any atom is -0.481 e. The number of rotatable bonds is 4. The lowest BCUT2D eigenvalue weighted by atomic mass is 9.94. The molecular formula is C14H10O8. The van der Waals surface area contributed by atoms with Gasteiger partial charge in [0.25, 0.3) is 0 Å². The van der Waals surface area contributed by atoms with Crippen LogP contribution in [0.1, 0.15) is 56.9 Å². The first-order chi connectivity index (χ1) is 10.4. The second kappa shape index (κ2) is 4.83. The number of esters is 2. The fraction of sp³-hybridized carbons (Fsp3) is 0.286. The third-order valence-corrected chi connectivity index (χ3v) is 3.57. The number of fused-ring (bicyclic) bond motifs is 2. The van der Waals surface area contributed by atoms with Crippen LogP contribution in [0.15, 0.2) is 12.1 Å². The smallest absolute Gasteiger partial charge is 0.339 e. The number of aliphatic carboxylic acids is 2. The van der Waals surface area contributed by atoms with Crippen LogP contribution in [0, 0.1) is 0 Å². The van der Waals surface area contributed by atoms with Crippen molar-refractivity contribution < 1.29 is 38.9 Å². The van der Waals surface area contributed by atoms with Gasteiger partial charge in [-0.3, -0.25) is 9.59 Å². The van der Waals surface area contributed by atoms with Crippen LogP contribution in [0.4, 0.5) is 0 Å². The third kappa shape index (κ3) is 2.18. The van der Waals surface area contributed by atoms with Crippen molar-refractivity contribution in [3.05, 3.63) is 34.4 Å². The number of benzene rings is 1. The Balaban J connectivity index is 2.04. The van der Waals surface area contributed by atoms with E-state index in [0.29, 0.717) is 11.1 Å². The molecule has 0 bridgehead atoms. The van der Waals surface area contributed by atoms with E-state index in [1.165, 1.54) is 12.1 Å². The van der Waals surface area contributed by atoms with E-state index in [2.05, 4.69) is 0 Å². The molecule has 2 atom stereocenters. The summed E-state index contributed by atoms with van der Waals surface area (Å²) in [6.45, 7) is 0. The molecule has 1 aromatic carbocycles. The molecule has 114 valence electrons. The van der Waals surface area contributed by atoms with Crippen molar-refractivity contribution in [3.8, 4) is 0 Å². The first kappa shape index (κ1) is 14.1. The zero-order chi connectivity index (χ0) is 16.0. The second-order valence-corrected chi connectivity index (χ2v) is 5.01. The molecule has 0 saturated heterocycles. The highest BCUT2D eigenvalue weighted by molar-refractivity contribution is 6.00. The van der Waals surface area contributed by atoms with Crippen molar-refractivity contribution in [3.63, 3.8) is 0 Å². The molecule has 0 amide bonds. The van der Waals surface area contributed by atoms with Crippen molar-refractivity contribution >= 4 is 23.9 Å². The zero-order valence-corrected chi connectivity index (χ0v) is 11.1. The lowest BCUT2D eigenvalue weighted by Crippen LogP contribution is -2.06. The van der Waals surface area contributed by atoms with Crippen molar-refractivity contribution in [1.82, 2.24) is 0 Å². The maximum Gasteiger partial charge on any atom is 0.339 e. The van der Waals surface area contributed by atoms with Gasteiger partial charge >= 0.3 is 23.9 Å². The van der Waals surface area contributed by atoms with Crippen LogP contribution in [0.2, 0.25) is 0 Å². The predicted molar refractivity (Wildman–Crippen MR) is 67.3 cm³/mol. The maximum absolute atomic E-state index is 11.8. The van der Waals surface area contributed by atoms with Gasteiger partial charge in [-0.05, 0) is 12.1 Å². The summed E-state index contributed by atoms with van der Waals surface area (Å²) < 4.78 is 9.97. The fourth-order valence-electron chi connectivity index (χ4n) is 2.65. The van der Waals surface area contributed by atoms with Crippen LogP contribution >= 0.6 is 0 Å². The molecule has 0 aromatic heterocycles. The molecular weight excluding hydrogens is 296 g/mol. The van der Waals surface area contributed by atoms with E-state index in [0.717, 1.165) is 0 Å². The van der Waals surface area contributed by atoms with Crippen molar-refractivity contribution in [2.45, 2.75) is 25.0 Å². The molecule has 2 N–H and O–H groups in total. The standard InChI is InChI=1S/C14H10O8/c15-11(16)3-9-5-1-7-6(2-8(5)14(20)21-9)10(4-12(17)18)22-13(7)19/h1-2,9-10H,3-4H2,(H,15,16)(H,17,18)/t9-,10-/m0/s1. The summed E-state index contributed by atoms with van der Waals surface area (Å²) in [4.78, 5) is 45.2. The molecule has 0 aliphatic carbocycles. The average Bonchev–Trinajstić information content (AvgIpc) is 2.87. The molecule has 8 nitrogen and oxygen atoms in total. The number of cyclic esters (lactones) is 2. The predicted octanol–water partition coefficient (Wildman–Crippen LogP) is 1.06. The normalized spacial score (nSPS) is 21.8. The summed E-state index contributed by atoms with van der Waals surface area (Å²) >= 11 is 0. The third-order valence-electron chi connectivity index (χ3n) is 3.57. The number of carbonyl (C=O) groups excluding carboxylic acids is 2.